The van der Waals surface area contributed by atoms with Crippen molar-refractivity contribution in [1.29, 1.82) is 0 Å². The van der Waals surface area contributed by atoms with Crippen molar-refractivity contribution >= 4 is 11.4 Å². The summed E-state index contributed by atoms with van der Waals surface area (Å²) >= 11 is 0. The molecule has 0 aliphatic heterocycles. The van der Waals surface area contributed by atoms with Crippen molar-refractivity contribution in [3.05, 3.63) is 143 Å². The van der Waals surface area contributed by atoms with Gasteiger partial charge in [0, 0.05) is 22.3 Å². The predicted octanol–water partition coefficient (Wildman–Crippen LogP) is 5.73. The van der Waals surface area contributed by atoms with E-state index in [9.17, 15) is 10.4 Å². The molecule has 0 aliphatic carbocycles. The number of oxime groups is 2. The maximum atomic E-state index is 9.47. The smallest absolute Gasteiger partial charge is 0.117 e. The van der Waals surface area contributed by atoms with Gasteiger partial charge in [-0.15, -0.1) is 0 Å². The van der Waals surface area contributed by atoms with Gasteiger partial charge in [0.25, 0.3) is 0 Å². The summed E-state index contributed by atoms with van der Waals surface area (Å²) in [5, 5.41) is 25.9. The third kappa shape index (κ3) is 4.70. The van der Waals surface area contributed by atoms with Crippen molar-refractivity contribution in [2.24, 2.45) is 10.3 Å². The number of benzene rings is 4. The minimum Gasteiger partial charge on any atom is -0.410 e. The molecule has 0 bridgehead atoms. The fraction of sp³-hybridized carbons (Fsp3) is 0.0370. The summed E-state index contributed by atoms with van der Waals surface area (Å²) in [5.74, 6) is 0. The fourth-order valence-electron chi connectivity index (χ4n) is 3.55. The third-order valence-electron chi connectivity index (χ3n) is 5.16. The molecule has 0 aromatic heterocycles. The Morgan fingerprint density at radius 2 is 0.774 bits per heavy atom. The Kier molecular flexibility index (Phi) is 6.19. The van der Waals surface area contributed by atoms with Gasteiger partial charge in [0.1, 0.15) is 11.4 Å². The second-order valence-corrected chi connectivity index (χ2v) is 7.20. The van der Waals surface area contributed by atoms with Crippen LogP contribution in [0.5, 0.6) is 0 Å². The van der Waals surface area contributed by atoms with Crippen molar-refractivity contribution in [2.75, 3.05) is 0 Å². The van der Waals surface area contributed by atoms with Gasteiger partial charge < -0.3 is 10.4 Å². The van der Waals surface area contributed by atoms with Crippen molar-refractivity contribution in [1.82, 2.24) is 0 Å². The molecular weight excluding hydrogens is 384 g/mol. The van der Waals surface area contributed by atoms with Gasteiger partial charge in [-0.3, -0.25) is 0 Å². The molecule has 0 fully saturated rings. The first-order valence-electron chi connectivity index (χ1n) is 10.0. The molecule has 4 aromatic rings. The number of nitrogens with zero attached hydrogens (tertiary/aromatic N) is 2. The highest BCUT2D eigenvalue weighted by molar-refractivity contribution is 6.13. The van der Waals surface area contributed by atoms with E-state index >= 15 is 0 Å². The van der Waals surface area contributed by atoms with Crippen LogP contribution < -0.4 is 0 Å². The molecular formula is C27H22N2O2. The first-order chi connectivity index (χ1) is 15.3. The Hall–Kier alpha value is -4.18. The van der Waals surface area contributed by atoms with Gasteiger partial charge in [0.2, 0.25) is 0 Å². The summed E-state index contributed by atoms with van der Waals surface area (Å²) in [5.41, 5.74) is 6.86. The SMILES string of the molecule is O/N=C(/c1ccccc1)c1ccc(Cc2ccc(/C(=N\O)c3ccccc3)cc2)cc1. The Bertz CT molecular complexity index is 1080. The minimum atomic E-state index is 0.549. The summed E-state index contributed by atoms with van der Waals surface area (Å²) in [6.07, 6.45) is 0.772. The molecule has 4 rings (SSSR count). The van der Waals surface area contributed by atoms with Crippen molar-refractivity contribution in [3.8, 4) is 0 Å². The summed E-state index contributed by atoms with van der Waals surface area (Å²) in [4.78, 5) is 0. The van der Waals surface area contributed by atoms with Gasteiger partial charge in [-0.05, 0) is 17.5 Å². The lowest BCUT2D eigenvalue weighted by molar-refractivity contribution is 0.319. The van der Waals surface area contributed by atoms with Crippen molar-refractivity contribution in [3.63, 3.8) is 0 Å². The Balaban J connectivity index is 1.49. The molecule has 0 radical (unpaired) electrons. The molecule has 152 valence electrons. The maximum absolute atomic E-state index is 9.47. The minimum absolute atomic E-state index is 0.549. The van der Waals surface area contributed by atoms with Gasteiger partial charge in [-0.25, -0.2) is 0 Å². The summed E-state index contributed by atoms with van der Waals surface area (Å²) < 4.78 is 0. The molecule has 4 nitrogen and oxygen atoms in total. The fourth-order valence-corrected chi connectivity index (χ4v) is 3.55. The first-order valence-corrected chi connectivity index (χ1v) is 10.0. The average molecular weight is 406 g/mol. The molecule has 2 N–H and O–H groups in total. The molecule has 0 spiro atoms. The summed E-state index contributed by atoms with van der Waals surface area (Å²) in [6, 6.07) is 35.3. The van der Waals surface area contributed by atoms with E-state index in [0.29, 0.717) is 11.4 Å². The monoisotopic (exact) mass is 406 g/mol. The zero-order valence-corrected chi connectivity index (χ0v) is 16.9. The van der Waals surface area contributed by atoms with Gasteiger partial charge in [0.15, 0.2) is 0 Å². The Morgan fingerprint density at radius 3 is 1.10 bits per heavy atom. The van der Waals surface area contributed by atoms with Crippen LogP contribution in [0, 0.1) is 0 Å². The molecule has 4 heteroatoms. The van der Waals surface area contributed by atoms with Crippen LogP contribution in [-0.2, 0) is 6.42 Å². The van der Waals surface area contributed by atoms with Crippen LogP contribution in [-0.4, -0.2) is 21.8 Å². The lowest BCUT2D eigenvalue weighted by atomic mass is 9.97. The zero-order chi connectivity index (χ0) is 21.5. The predicted molar refractivity (Wildman–Crippen MR) is 123 cm³/mol. The normalized spacial score (nSPS) is 12.0. The third-order valence-corrected chi connectivity index (χ3v) is 5.16. The molecule has 31 heavy (non-hydrogen) atoms. The van der Waals surface area contributed by atoms with Crippen LogP contribution in [0.1, 0.15) is 33.4 Å². The zero-order valence-electron chi connectivity index (χ0n) is 16.9. The highest BCUT2D eigenvalue weighted by atomic mass is 16.4. The van der Waals surface area contributed by atoms with E-state index in [1.165, 1.54) is 0 Å². The van der Waals surface area contributed by atoms with Gasteiger partial charge >= 0.3 is 0 Å². The van der Waals surface area contributed by atoms with E-state index in [0.717, 1.165) is 39.8 Å². The Labute approximate surface area is 181 Å². The van der Waals surface area contributed by atoms with Crippen LogP contribution in [0.25, 0.3) is 0 Å². The lowest BCUT2D eigenvalue weighted by Crippen LogP contribution is -2.04. The second-order valence-electron chi connectivity index (χ2n) is 7.20. The van der Waals surface area contributed by atoms with E-state index in [1.807, 2.05) is 109 Å². The molecule has 0 amide bonds. The van der Waals surface area contributed by atoms with Gasteiger partial charge in [-0.1, -0.05) is 120 Å². The van der Waals surface area contributed by atoms with Crippen molar-refractivity contribution < 1.29 is 10.4 Å². The summed E-state index contributed by atoms with van der Waals surface area (Å²) in [6.45, 7) is 0. The van der Waals surface area contributed by atoms with Crippen molar-refractivity contribution in [2.45, 2.75) is 6.42 Å². The maximum Gasteiger partial charge on any atom is 0.117 e. The molecule has 0 saturated carbocycles. The molecule has 0 saturated heterocycles. The van der Waals surface area contributed by atoms with E-state index in [-0.39, 0.29) is 0 Å². The largest absolute Gasteiger partial charge is 0.410 e. The van der Waals surface area contributed by atoms with Gasteiger partial charge in [0.05, 0.1) is 0 Å². The van der Waals surface area contributed by atoms with Crippen LogP contribution in [0.2, 0.25) is 0 Å². The number of rotatable bonds is 6. The van der Waals surface area contributed by atoms with Crippen LogP contribution in [0.4, 0.5) is 0 Å². The van der Waals surface area contributed by atoms with E-state index in [2.05, 4.69) is 10.3 Å². The number of hydrogen-bond acceptors (Lipinski definition) is 4. The number of hydrogen-bond donors (Lipinski definition) is 2. The molecule has 0 unspecified atom stereocenters. The standard InChI is InChI=1S/C27H22N2O2/c30-28-26(22-7-3-1-4-8-22)24-15-11-20(12-16-24)19-21-13-17-25(18-14-21)27(29-31)23-9-5-2-6-10-23/h1-18,30-31H,19H2/b28-26-,29-27-. The average Bonchev–Trinajstić information content (AvgIpc) is 2.84. The topological polar surface area (TPSA) is 65.2 Å². The van der Waals surface area contributed by atoms with E-state index in [1.54, 1.807) is 0 Å². The van der Waals surface area contributed by atoms with Crippen LogP contribution in [0.15, 0.2) is 120 Å². The molecule has 4 aromatic carbocycles. The van der Waals surface area contributed by atoms with E-state index < -0.39 is 0 Å². The molecule has 0 atom stereocenters. The highest BCUT2D eigenvalue weighted by Gasteiger charge is 2.09. The van der Waals surface area contributed by atoms with Gasteiger partial charge in [-0.2, -0.15) is 0 Å². The quantitative estimate of drug-likeness (QED) is 0.244. The van der Waals surface area contributed by atoms with E-state index in [4.69, 9.17) is 0 Å². The first kappa shape index (κ1) is 20.1. The van der Waals surface area contributed by atoms with Crippen LogP contribution >= 0.6 is 0 Å². The Morgan fingerprint density at radius 1 is 0.452 bits per heavy atom. The second kappa shape index (κ2) is 9.55. The summed E-state index contributed by atoms with van der Waals surface area (Å²) in [7, 11) is 0. The molecule has 0 heterocycles. The lowest BCUT2D eigenvalue weighted by Gasteiger charge is -2.08. The van der Waals surface area contributed by atoms with Crippen LogP contribution in [0.3, 0.4) is 0 Å². The molecule has 0 aliphatic rings. The highest BCUT2D eigenvalue weighted by Crippen LogP contribution is 2.17.